The van der Waals surface area contributed by atoms with Crippen molar-refractivity contribution in [3.05, 3.63) is 0 Å². The number of rotatable bonds is 1. The van der Waals surface area contributed by atoms with Gasteiger partial charge in [-0.1, -0.05) is 0 Å². The van der Waals surface area contributed by atoms with Crippen LogP contribution in [0.4, 0.5) is 0 Å². The zero-order valence-electron chi connectivity index (χ0n) is 4.35. The third-order valence-corrected chi connectivity index (χ3v) is 1.31. The molecule has 0 aromatic heterocycles. The van der Waals surface area contributed by atoms with Crippen molar-refractivity contribution in [2.45, 2.75) is 5.54 Å². The van der Waals surface area contributed by atoms with Gasteiger partial charge in [-0.3, -0.25) is 4.79 Å². The van der Waals surface area contributed by atoms with Gasteiger partial charge in [0.1, 0.15) is 5.54 Å². The molecular weight excluding hydrogens is 108 g/mol. The number of hydrogen-bond acceptors (Lipinski definition) is 3. The van der Waals surface area contributed by atoms with Gasteiger partial charge in [-0.15, -0.1) is 0 Å². The van der Waals surface area contributed by atoms with E-state index in [1.807, 2.05) is 0 Å². The maximum absolute atomic E-state index is 10.1. The van der Waals surface area contributed by atoms with Gasteiger partial charge in [-0.25, -0.2) is 0 Å². The Morgan fingerprint density at radius 3 is 2.25 bits per heavy atom. The molecule has 8 heavy (non-hydrogen) atoms. The highest BCUT2D eigenvalue weighted by Crippen LogP contribution is 2.04. The van der Waals surface area contributed by atoms with Crippen LogP contribution in [0.1, 0.15) is 0 Å². The lowest BCUT2D eigenvalue weighted by Gasteiger charge is -2.34. The first kappa shape index (κ1) is 5.53. The Morgan fingerprint density at radius 1 is 1.75 bits per heavy atom. The number of carboxylic acids is 1. The topological polar surface area (TPSA) is 75.4 Å². The number of nitrogens with one attached hydrogen (secondary N) is 1. The van der Waals surface area contributed by atoms with E-state index in [1.165, 1.54) is 0 Å². The van der Waals surface area contributed by atoms with Gasteiger partial charge >= 0.3 is 5.97 Å². The van der Waals surface area contributed by atoms with E-state index in [0.29, 0.717) is 13.1 Å². The monoisotopic (exact) mass is 116 g/mol. The predicted molar refractivity (Wildman–Crippen MR) is 27.4 cm³/mol. The summed E-state index contributed by atoms with van der Waals surface area (Å²) < 4.78 is 0. The zero-order chi connectivity index (χ0) is 6.20. The maximum Gasteiger partial charge on any atom is 0.326 e. The molecule has 0 atom stereocenters. The molecule has 46 valence electrons. The molecule has 0 aromatic carbocycles. The third kappa shape index (κ3) is 0.579. The van der Waals surface area contributed by atoms with Crippen molar-refractivity contribution in [2.75, 3.05) is 13.1 Å². The van der Waals surface area contributed by atoms with Crippen molar-refractivity contribution >= 4 is 5.97 Å². The summed E-state index contributed by atoms with van der Waals surface area (Å²) in [6.45, 7) is 0.782. The van der Waals surface area contributed by atoms with Crippen LogP contribution >= 0.6 is 0 Å². The first-order chi connectivity index (χ1) is 3.65. The lowest BCUT2D eigenvalue weighted by atomic mass is 9.95. The largest absolute Gasteiger partial charge is 0.480 e. The van der Waals surface area contributed by atoms with Gasteiger partial charge in [-0.05, 0) is 0 Å². The van der Waals surface area contributed by atoms with Gasteiger partial charge in [0.15, 0.2) is 0 Å². The minimum Gasteiger partial charge on any atom is -0.480 e. The van der Waals surface area contributed by atoms with E-state index in [4.69, 9.17) is 10.8 Å². The van der Waals surface area contributed by atoms with Gasteiger partial charge < -0.3 is 16.2 Å². The minimum absolute atomic E-state index is 0.391. The molecule has 0 radical (unpaired) electrons. The predicted octanol–water partition coefficient (Wildman–Crippen LogP) is -1.63. The minimum atomic E-state index is -0.972. The molecule has 4 heteroatoms. The van der Waals surface area contributed by atoms with Crippen LogP contribution in [-0.4, -0.2) is 29.7 Å². The normalized spacial score (nSPS) is 24.1. The van der Waals surface area contributed by atoms with Crippen LogP contribution in [0.3, 0.4) is 0 Å². The molecule has 0 aliphatic carbocycles. The highest BCUT2D eigenvalue weighted by molar-refractivity contribution is 5.80. The molecule has 1 aliphatic heterocycles. The third-order valence-electron chi connectivity index (χ3n) is 1.31. The summed E-state index contributed by atoms with van der Waals surface area (Å²) in [6, 6.07) is 0. The van der Waals surface area contributed by atoms with E-state index in [0.717, 1.165) is 0 Å². The molecule has 1 rings (SSSR count). The average Bonchev–Trinajstić information content (AvgIpc) is 1.60. The zero-order valence-corrected chi connectivity index (χ0v) is 4.35. The van der Waals surface area contributed by atoms with Crippen LogP contribution in [0.15, 0.2) is 0 Å². The Morgan fingerprint density at radius 2 is 2.25 bits per heavy atom. The Hall–Kier alpha value is -0.610. The number of hydrogen-bond donors (Lipinski definition) is 3. The van der Waals surface area contributed by atoms with E-state index in [2.05, 4.69) is 5.32 Å². The van der Waals surface area contributed by atoms with E-state index in [9.17, 15) is 4.79 Å². The van der Waals surface area contributed by atoms with Gasteiger partial charge in [0.2, 0.25) is 0 Å². The molecule has 0 bridgehead atoms. The standard InChI is InChI=1S/C4H8N2O2/c5-4(3(7)8)1-6-2-4/h6H,1-2,5H2,(H,7,8). The first-order valence-corrected chi connectivity index (χ1v) is 2.38. The Balaban J connectivity index is 2.53. The van der Waals surface area contributed by atoms with Gasteiger partial charge in [-0.2, -0.15) is 0 Å². The van der Waals surface area contributed by atoms with Crippen LogP contribution in [0.2, 0.25) is 0 Å². The van der Waals surface area contributed by atoms with E-state index in [1.54, 1.807) is 0 Å². The fourth-order valence-corrected chi connectivity index (χ4v) is 0.546. The smallest absolute Gasteiger partial charge is 0.326 e. The molecule has 0 spiro atoms. The number of nitrogens with two attached hydrogens (primary N) is 1. The molecule has 0 saturated carbocycles. The van der Waals surface area contributed by atoms with E-state index < -0.39 is 11.5 Å². The fraction of sp³-hybridized carbons (Fsp3) is 0.750. The van der Waals surface area contributed by atoms with Crippen LogP contribution in [-0.2, 0) is 4.79 Å². The van der Waals surface area contributed by atoms with Gasteiger partial charge in [0.25, 0.3) is 0 Å². The fourth-order valence-electron chi connectivity index (χ4n) is 0.546. The molecule has 0 amide bonds. The number of aliphatic carboxylic acids is 1. The van der Waals surface area contributed by atoms with Crippen molar-refractivity contribution in [3.8, 4) is 0 Å². The Kier molecular flexibility index (Phi) is 0.988. The molecule has 1 heterocycles. The Labute approximate surface area is 46.7 Å². The summed E-state index contributed by atoms with van der Waals surface area (Å²) in [7, 11) is 0. The number of carboxylic acid groups (broad SMARTS) is 1. The molecule has 0 unspecified atom stereocenters. The summed E-state index contributed by atoms with van der Waals surface area (Å²) in [6.07, 6.45) is 0. The molecule has 0 aromatic rings. The summed E-state index contributed by atoms with van der Waals surface area (Å²) in [5.74, 6) is -0.920. The van der Waals surface area contributed by atoms with Crippen LogP contribution in [0.5, 0.6) is 0 Å². The first-order valence-electron chi connectivity index (χ1n) is 2.38. The second-order valence-electron chi connectivity index (χ2n) is 2.06. The molecule has 4 nitrogen and oxygen atoms in total. The van der Waals surface area contributed by atoms with Crippen molar-refractivity contribution < 1.29 is 9.90 Å². The van der Waals surface area contributed by atoms with Crippen LogP contribution in [0.25, 0.3) is 0 Å². The lowest BCUT2D eigenvalue weighted by Crippen LogP contribution is -2.70. The molecule has 4 N–H and O–H groups in total. The number of carbonyl (C=O) groups is 1. The van der Waals surface area contributed by atoms with Crippen molar-refractivity contribution in [3.63, 3.8) is 0 Å². The van der Waals surface area contributed by atoms with Crippen molar-refractivity contribution in [1.82, 2.24) is 5.32 Å². The van der Waals surface area contributed by atoms with Crippen molar-refractivity contribution in [2.24, 2.45) is 5.73 Å². The summed E-state index contributed by atoms with van der Waals surface area (Å²) in [5, 5.41) is 11.1. The second kappa shape index (κ2) is 1.43. The quantitative estimate of drug-likeness (QED) is 0.384. The Bertz CT molecular complexity index is 119. The van der Waals surface area contributed by atoms with E-state index >= 15 is 0 Å². The van der Waals surface area contributed by atoms with Crippen molar-refractivity contribution in [1.29, 1.82) is 0 Å². The summed E-state index contributed by atoms with van der Waals surface area (Å²) in [5.41, 5.74) is 4.31. The maximum atomic E-state index is 10.1. The summed E-state index contributed by atoms with van der Waals surface area (Å²) in [4.78, 5) is 10.1. The SMILES string of the molecule is NC1(C(=O)O)CNC1. The molecule has 1 fully saturated rings. The highest BCUT2D eigenvalue weighted by atomic mass is 16.4. The van der Waals surface area contributed by atoms with Gasteiger partial charge in [0.05, 0.1) is 0 Å². The van der Waals surface area contributed by atoms with E-state index in [-0.39, 0.29) is 0 Å². The second-order valence-corrected chi connectivity index (χ2v) is 2.06. The molecule has 1 saturated heterocycles. The highest BCUT2D eigenvalue weighted by Gasteiger charge is 2.40. The molecule has 1 aliphatic rings. The summed E-state index contributed by atoms with van der Waals surface area (Å²) >= 11 is 0. The lowest BCUT2D eigenvalue weighted by molar-refractivity contribution is -0.145. The average molecular weight is 116 g/mol. The van der Waals surface area contributed by atoms with Gasteiger partial charge in [0, 0.05) is 13.1 Å². The van der Waals surface area contributed by atoms with Crippen LogP contribution in [0, 0.1) is 0 Å². The molecular formula is C4H8N2O2. The van der Waals surface area contributed by atoms with Crippen LogP contribution < -0.4 is 11.1 Å².